The van der Waals surface area contributed by atoms with Gasteiger partial charge in [0.15, 0.2) is 5.16 Å². The Morgan fingerprint density at radius 2 is 1.85 bits per heavy atom. The molecule has 33 heavy (non-hydrogen) atoms. The number of carbonyl (C=O) groups is 1. The molecule has 0 aliphatic rings. The molecule has 8 heteroatoms. The standard InChI is InChI=1S/C25H24FN3O3S/c26-18-11-13-19(14-12-18)29-24(31)21-8-3-4-9-22(21)28-25(29)33-16-5-1-2-10-23(30)27-17-20-7-6-15-32-20/h3-4,6-9,11-15H,1-2,5,10,16-17H2,(H,27,30). The third kappa shape index (κ3) is 5.90. The fourth-order valence-electron chi connectivity index (χ4n) is 3.44. The number of hydrogen-bond donors (Lipinski definition) is 1. The van der Waals surface area contributed by atoms with E-state index in [1.165, 1.54) is 28.5 Å². The smallest absolute Gasteiger partial charge is 0.266 e. The Morgan fingerprint density at radius 1 is 1.03 bits per heavy atom. The molecule has 0 aliphatic carbocycles. The molecule has 4 rings (SSSR count). The second-order valence-electron chi connectivity index (χ2n) is 7.54. The average molecular weight is 466 g/mol. The Labute approximate surface area is 194 Å². The van der Waals surface area contributed by atoms with Crippen molar-refractivity contribution in [1.82, 2.24) is 14.9 Å². The number of thioether (sulfide) groups is 1. The molecule has 6 nitrogen and oxygen atoms in total. The third-order valence-corrected chi connectivity index (χ3v) is 6.17. The van der Waals surface area contributed by atoms with Crippen LogP contribution in [0.5, 0.6) is 0 Å². The Hall–Kier alpha value is -3.39. The zero-order valence-electron chi connectivity index (χ0n) is 18.0. The minimum absolute atomic E-state index is 0.000368. The second kappa shape index (κ2) is 11.0. The molecular weight excluding hydrogens is 441 g/mol. The van der Waals surface area contributed by atoms with Crippen LogP contribution in [0.2, 0.25) is 0 Å². The SMILES string of the molecule is O=C(CCCCCSc1nc2ccccc2c(=O)n1-c1ccc(F)cc1)NCc1ccco1. The number of carbonyl (C=O) groups excluding carboxylic acids is 1. The third-order valence-electron chi connectivity index (χ3n) is 5.15. The number of halogens is 1. The van der Waals surface area contributed by atoms with Gasteiger partial charge in [0.25, 0.3) is 5.56 Å². The minimum atomic E-state index is -0.358. The number of unbranched alkanes of at least 4 members (excludes halogenated alkanes) is 2. The Balaban J connectivity index is 1.35. The lowest BCUT2D eigenvalue weighted by Crippen LogP contribution is -2.22. The maximum atomic E-state index is 13.4. The van der Waals surface area contributed by atoms with Crippen LogP contribution in [0.15, 0.2) is 81.3 Å². The summed E-state index contributed by atoms with van der Waals surface area (Å²) in [4.78, 5) is 29.8. The molecule has 0 bridgehead atoms. The van der Waals surface area contributed by atoms with E-state index in [4.69, 9.17) is 4.42 Å². The van der Waals surface area contributed by atoms with Gasteiger partial charge in [-0.1, -0.05) is 30.3 Å². The second-order valence-corrected chi connectivity index (χ2v) is 8.61. The highest BCUT2D eigenvalue weighted by Crippen LogP contribution is 2.23. The van der Waals surface area contributed by atoms with Crippen molar-refractivity contribution in [3.63, 3.8) is 0 Å². The van der Waals surface area contributed by atoms with Gasteiger partial charge in [0.2, 0.25) is 5.91 Å². The summed E-state index contributed by atoms with van der Waals surface area (Å²) in [5.74, 6) is 1.12. The first-order chi connectivity index (χ1) is 16.1. The van der Waals surface area contributed by atoms with Crippen LogP contribution < -0.4 is 10.9 Å². The monoisotopic (exact) mass is 465 g/mol. The molecule has 4 aromatic rings. The lowest BCUT2D eigenvalue weighted by molar-refractivity contribution is -0.121. The van der Waals surface area contributed by atoms with E-state index >= 15 is 0 Å². The van der Waals surface area contributed by atoms with Gasteiger partial charge < -0.3 is 9.73 Å². The number of benzene rings is 2. The predicted octanol–water partition coefficient (Wildman–Crippen LogP) is 5.09. The Morgan fingerprint density at radius 3 is 2.64 bits per heavy atom. The van der Waals surface area contributed by atoms with Crippen molar-refractivity contribution in [2.75, 3.05) is 5.75 Å². The van der Waals surface area contributed by atoms with Crippen molar-refractivity contribution in [3.8, 4) is 5.69 Å². The van der Waals surface area contributed by atoms with E-state index in [9.17, 15) is 14.0 Å². The number of amides is 1. The summed E-state index contributed by atoms with van der Waals surface area (Å²) < 4.78 is 20.1. The number of nitrogens with zero attached hydrogens (tertiary/aromatic N) is 2. The first-order valence-electron chi connectivity index (χ1n) is 10.8. The molecule has 0 unspecified atom stereocenters. The zero-order chi connectivity index (χ0) is 23.0. The van der Waals surface area contributed by atoms with Gasteiger partial charge in [-0.15, -0.1) is 0 Å². The molecule has 0 radical (unpaired) electrons. The van der Waals surface area contributed by atoms with Gasteiger partial charge in [-0.3, -0.25) is 14.2 Å². The highest BCUT2D eigenvalue weighted by atomic mass is 32.2. The molecule has 0 spiro atoms. The largest absolute Gasteiger partial charge is 0.467 e. The number of rotatable bonds is 10. The number of para-hydroxylation sites is 1. The van der Waals surface area contributed by atoms with Crippen molar-refractivity contribution in [1.29, 1.82) is 0 Å². The van der Waals surface area contributed by atoms with Crippen LogP contribution >= 0.6 is 11.8 Å². The first kappa shape index (κ1) is 22.8. The van der Waals surface area contributed by atoms with E-state index in [2.05, 4.69) is 10.3 Å². The van der Waals surface area contributed by atoms with E-state index in [0.717, 1.165) is 30.8 Å². The molecule has 2 heterocycles. The predicted molar refractivity (Wildman–Crippen MR) is 127 cm³/mol. The van der Waals surface area contributed by atoms with Crippen LogP contribution in [0.1, 0.15) is 31.4 Å². The van der Waals surface area contributed by atoms with Gasteiger partial charge in [0, 0.05) is 12.2 Å². The average Bonchev–Trinajstić information content (AvgIpc) is 3.35. The topological polar surface area (TPSA) is 77.1 Å². The van der Waals surface area contributed by atoms with Crippen molar-refractivity contribution in [2.45, 2.75) is 37.4 Å². The number of fused-ring (bicyclic) bond motifs is 1. The molecule has 0 saturated carbocycles. The molecule has 1 amide bonds. The molecule has 2 aromatic carbocycles. The highest BCUT2D eigenvalue weighted by Gasteiger charge is 2.13. The summed E-state index contributed by atoms with van der Waals surface area (Å²) in [6.45, 7) is 0.399. The summed E-state index contributed by atoms with van der Waals surface area (Å²) in [5, 5.41) is 3.93. The highest BCUT2D eigenvalue weighted by molar-refractivity contribution is 7.99. The summed E-state index contributed by atoms with van der Waals surface area (Å²) in [5.41, 5.74) is 1.04. The van der Waals surface area contributed by atoms with E-state index in [1.807, 2.05) is 18.2 Å². The summed E-state index contributed by atoms with van der Waals surface area (Å²) in [7, 11) is 0. The zero-order valence-corrected chi connectivity index (χ0v) is 18.8. The van der Waals surface area contributed by atoms with Gasteiger partial charge in [-0.05, 0) is 61.4 Å². The minimum Gasteiger partial charge on any atom is -0.467 e. The van der Waals surface area contributed by atoms with Gasteiger partial charge in [-0.2, -0.15) is 0 Å². The van der Waals surface area contributed by atoms with E-state index in [0.29, 0.717) is 34.7 Å². The fraction of sp³-hybridized carbons (Fsp3) is 0.240. The summed E-state index contributed by atoms with van der Waals surface area (Å²) in [6, 6.07) is 16.7. The molecule has 2 aromatic heterocycles. The summed E-state index contributed by atoms with van der Waals surface area (Å²) in [6.07, 6.45) is 4.58. The van der Waals surface area contributed by atoms with E-state index < -0.39 is 0 Å². The van der Waals surface area contributed by atoms with Crippen LogP contribution in [0, 0.1) is 5.82 Å². The van der Waals surface area contributed by atoms with E-state index in [1.54, 1.807) is 36.6 Å². The molecule has 0 aliphatic heterocycles. The normalized spacial score (nSPS) is 11.1. The molecule has 0 atom stereocenters. The van der Waals surface area contributed by atoms with Crippen molar-refractivity contribution >= 4 is 28.6 Å². The molecule has 0 saturated heterocycles. The maximum Gasteiger partial charge on any atom is 0.266 e. The van der Waals surface area contributed by atoms with Gasteiger partial charge in [0.05, 0.1) is 29.4 Å². The molecule has 0 fully saturated rings. The fourth-order valence-corrected chi connectivity index (χ4v) is 4.45. The number of furan rings is 1. The molecule has 1 N–H and O–H groups in total. The van der Waals surface area contributed by atoms with Crippen molar-refractivity contribution in [2.24, 2.45) is 0 Å². The molecule has 170 valence electrons. The van der Waals surface area contributed by atoms with Gasteiger partial charge >= 0.3 is 0 Å². The lowest BCUT2D eigenvalue weighted by Gasteiger charge is -2.13. The number of nitrogens with one attached hydrogen (secondary N) is 1. The van der Waals surface area contributed by atoms with Crippen LogP contribution in [0.3, 0.4) is 0 Å². The van der Waals surface area contributed by atoms with Crippen LogP contribution in [0.25, 0.3) is 16.6 Å². The summed E-state index contributed by atoms with van der Waals surface area (Å²) >= 11 is 1.49. The number of aromatic nitrogens is 2. The maximum absolute atomic E-state index is 13.4. The number of hydrogen-bond acceptors (Lipinski definition) is 5. The quantitative estimate of drug-likeness (QED) is 0.201. The van der Waals surface area contributed by atoms with Gasteiger partial charge in [-0.25, -0.2) is 9.37 Å². The van der Waals surface area contributed by atoms with Crippen LogP contribution in [-0.4, -0.2) is 21.2 Å². The van der Waals surface area contributed by atoms with Crippen LogP contribution in [-0.2, 0) is 11.3 Å². The van der Waals surface area contributed by atoms with Crippen molar-refractivity contribution in [3.05, 3.63) is 88.9 Å². The Bertz CT molecular complexity index is 1270. The Kier molecular flexibility index (Phi) is 7.57. The first-order valence-corrected chi connectivity index (χ1v) is 11.8. The van der Waals surface area contributed by atoms with E-state index in [-0.39, 0.29) is 17.3 Å². The van der Waals surface area contributed by atoms with Crippen LogP contribution in [0.4, 0.5) is 4.39 Å². The molecular formula is C25H24FN3O3S. The van der Waals surface area contributed by atoms with Gasteiger partial charge in [0.1, 0.15) is 11.6 Å². The van der Waals surface area contributed by atoms with Crippen molar-refractivity contribution < 1.29 is 13.6 Å². The lowest BCUT2D eigenvalue weighted by atomic mass is 10.2.